The molecule has 0 radical (unpaired) electrons. The van der Waals surface area contributed by atoms with Crippen LogP contribution in [0.25, 0.3) is 0 Å². The quantitative estimate of drug-likeness (QED) is 0.892. The number of rotatable bonds is 5. The van der Waals surface area contributed by atoms with Gasteiger partial charge in [0, 0.05) is 29.2 Å². The Morgan fingerprint density at radius 3 is 2.40 bits per heavy atom. The van der Waals surface area contributed by atoms with Crippen molar-refractivity contribution in [3.05, 3.63) is 33.8 Å². The first-order valence-corrected chi connectivity index (χ1v) is 8.97. The van der Waals surface area contributed by atoms with Crippen LogP contribution in [0, 0.1) is 0 Å². The van der Waals surface area contributed by atoms with E-state index in [1.165, 1.54) is 0 Å². The summed E-state index contributed by atoms with van der Waals surface area (Å²) in [5, 5.41) is 10.3. The number of aliphatic hydroxyl groups excluding tert-OH is 1. The zero-order valence-electron chi connectivity index (χ0n) is 10.9. The average molecular weight is 338 g/mol. The predicted octanol–water partition coefficient (Wildman–Crippen LogP) is 1.97. The molecular weight excluding hydrogens is 321 g/mol. The average Bonchev–Trinajstić information content (AvgIpc) is 2.68. The van der Waals surface area contributed by atoms with Crippen molar-refractivity contribution in [1.29, 1.82) is 0 Å². The maximum Gasteiger partial charge on any atom is 0.151 e. The summed E-state index contributed by atoms with van der Waals surface area (Å²) < 4.78 is 23.2. The highest BCUT2D eigenvalue weighted by Gasteiger charge is 2.32. The molecule has 0 saturated carbocycles. The third-order valence-corrected chi connectivity index (χ3v) is 5.61. The van der Waals surface area contributed by atoms with Crippen molar-refractivity contribution in [3.63, 3.8) is 0 Å². The number of sulfone groups is 1. The summed E-state index contributed by atoms with van der Waals surface area (Å²) in [6, 6.07) is 5.22. The van der Waals surface area contributed by atoms with Crippen molar-refractivity contribution in [3.8, 4) is 0 Å². The predicted molar refractivity (Wildman–Crippen MR) is 81.0 cm³/mol. The molecule has 1 heterocycles. The first kappa shape index (κ1) is 16.0. The van der Waals surface area contributed by atoms with Crippen LogP contribution in [-0.2, 0) is 16.4 Å². The summed E-state index contributed by atoms with van der Waals surface area (Å²) in [5.74, 6) is 0.372. The Morgan fingerprint density at radius 1 is 1.25 bits per heavy atom. The first-order valence-electron chi connectivity index (χ1n) is 6.40. The lowest BCUT2D eigenvalue weighted by Gasteiger charge is -2.27. The smallest absolute Gasteiger partial charge is 0.151 e. The molecule has 20 heavy (non-hydrogen) atoms. The van der Waals surface area contributed by atoms with Crippen LogP contribution in [0.2, 0.25) is 10.0 Å². The van der Waals surface area contributed by atoms with Crippen LogP contribution in [0.3, 0.4) is 0 Å². The van der Waals surface area contributed by atoms with Gasteiger partial charge in [0.2, 0.25) is 0 Å². The SMILES string of the molecule is O=S1(=O)CCC(N(CCO)Cc2cc(Cl)cc(Cl)c2)C1. The van der Waals surface area contributed by atoms with Gasteiger partial charge in [0.15, 0.2) is 9.84 Å². The molecule has 0 aliphatic carbocycles. The minimum absolute atomic E-state index is 0.00908. The fourth-order valence-corrected chi connectivity index (χ4v) is 4.85. The molecular formula is C13H17Cl2NO3S. The molecule has 112 valence electrons. The van der Waals surface area contributed by atoms with Gasteiger partial charge < -0.3 is 5.11 Å². The molecule has 1 atom stereocenters. The van der Waals surface area contributed by atoms with Crippen LogP contribution in [0.4, 0.5) is 0 Å². The lowest BCUT2D eigenvalue weighted by molar-refractivity contribution is 0.153. The summed E-state index contributed by atoms with van der Waals surface area (Å²) in [5.41, 5.74) is 0.917. The van der Waals surface area contributed by atoms with E-state index in [1.54, 1.807) is 18.2 Å². The van der Waals surface area contributed by atoms with Gasteiger partial charge in [-0.25, -0.2) is 8.42 Å². The third-order valence-electron chi connectivity index (χ3n) is 3.42. The Balaban J connectivity index is 2.13. The maximum absolute atomic E-state index is 11.6. The largest absolute Gasteiger partial charge is 0.395 e. The van der Waals surface area contributed by atoms with Crippen molar-refractivity contribution < 1.29 is 13.5 Å². The second-order valence-electron chi connectivity index (χ2n) is 5.03. The zero-order chi connectivity index (χ0) is 14.8. The van der Waals surface area contributed by atoms with E-state index in [4.69, 9.17) is 23.2 Å². The van der Waals surface area contributed by atoms with Crippen LogP contribution in [0.15, 0.2) is 18.2 Å². The highest BCUT2D eigenvalue weighted by atomic mass is 35.5. The molecule has 0 bridgehead atoms. The Morgan fingerprint density at radius 2 is 1.90 bits per heavy atom. The zero-order valence-corrected chi connectivity index (χ0v) is 13.3. The van der Waals surface area contributed by atoms with Crippen LogP contribution in [0.5, 0.6) is 0 Å². The van der Waals surface area contributed by atoms with Gasteiger partial charge in [-0.2, -0.15) is 0 Å². The van der Waals surface area contributed by atoms with Gasteiger partial charge in [0.25, 0.3) is 0 Å². The molecule has 1 aliphatic heterocycles. The van der Waals surface area contributed by atoms with E-state index in [0.717, 1.165) is 5.56 Å². The van der Waals surface area contributed by atoms with E-state index in [9.17, 15) is 13.5 Å². The van der Waals surface area contributed by atoms with E-state index in [2.05, 4.69) is 0 Å². The normalized spacial score (nSPS) is 21.5. The first-order chi connectivity index (χ1) is 9.39. The van der Waals surface area contributed by atoms with E-state index in [0.29, 0.717) is 29.6 Å². The molecule has 1 aromatic carbocycles. The summed E-state index contributed by atoms with van der Waals surface area (Å²) in [4.78, 5) is 1.98. The number of hydrogen-bond acceptors (Lipinski definition) is 4. The van der Waals surface area contributed by atoms with Gasteiger partial charge in [-0.1, -0.05) is 23.2 Å². The molecule has 1 aliphatic rings. The highest BCUT2D eigenvalue weighted by molar-refractivity contribution is 7.91. The Kier molecular flexibility index (Phi) is 5.31. The molecule has 0 aromatic heterocycles. The van der Waals surface area contributed by atoms with E-state index < -0.39 is 9.84 Å². The summed E-state index contributed by atoms with van der Waals surface area (Å²) in [6.07, 6.45) is 0.608. The monoisotopic (exact) mass is 337 g/mol. The van der Waals surface area contributed by atoms with Gasteiger partial charge >= 0.3 is 0 Å². The topological polar surface area (TPSA) is 57.6 Å². The molecule has 2 rings (SSSR count). The highest BCUT2D eigenvalue weighted by Crippen LogP contribution is 2.23. The van der Waals surface area contributed by atoms with Crippen LogP contribution in [0.1, 0.15) is 12.0 Å². The van der Waals surface area contributed by atoms with Gasteiger partial charge in [0.1, 0.15) is 0 Å². The molecule has 1 unspecified atom stereocenters. The fourth-order valence-electron chi connectivity index (χ4n) is 2.52. The lowest BCUT2D eigenvalue weighted by atomic mass is 10.1. The standard InChI is InChI=1S/C13H17Cl2NO3S/c14-11-5-10(6-12(15)7-11)8-16(2-3-17)13-1-4-20(18,19)9-13/h5-7,13,17H,1-4,8-9H2. The number of benzene rings is 1. The van der Waals surface area contributed by atoms with Crippen LogP contribution in [-0.4, -0.2) is 49.1 Å². The Hall–Kier alpha value is -0.330. The van der Waals surface area contributed by atoms with Crippen LogP contribution >= 0.6 is 23.2 Å². The summed E-state index contributed by atoms with van der Waals surface area (Å²) in [7, 11) is -2.94. The molecule has 7 heteroatoms. The van der Waals surface area contributed by atoms with E-state index in [1.807, 2.05) is 4.90 Å². The number of hydrogen-bond donors (Lipinski definition) is 1. The van der Waals surface area contributed by atoms with Crippen LogP contribution < -0.4 is 0 Å². The second kappa shape index (κ2) is 6.62. The molecule has 1 aromatic rings. The second-order valence-corrected chi connectivity index (χ2v) is 8.13. The molecule has 1 N–H and O–H groups in total. The van der Waals surface area contributed by atoms with Crippen molar-refractivity contribution in [2.24, 2.45) is 0 Å². The van der Waals surface area contributed by atoms with Crippen molar-refractivity contribution in [2.45, 2.75) is 19.0 Å². The van der Waals surface area contributed by atoms with Gasteiger partial charge in [-0.3, -0.25) is 4.90 Å². The minimum Gasteiger partial charge on any atom is -0.395 e. The van der Waals surface area contributed by atoms with E-state index in [-0.39, 0.29) is 24.2 Å². The van der Waals surface area contributed by atoms with Crippen molar-refractivity contribution in [1.82, 2.24) is 4.90 Å². The third kappa shape index (κ3) is 4.33. The molecule has 4 nitrogen and oxygen atoms in total. The lowest BCUT2D eigenvalue weighted by Crippen LogP contribution is -2.37. The maximum atomic E-state index is 11.6. The fraction of sp³-hybridized carbons (Fsp3) is 0.538. The number of aliphatic hydroxyl groups is 1. The van der Waals surface area contributed by atoms with Gasteiger partial charge in [-0.05, 0) is 30.2 Å². The number of halogens is 2. The molecule has 1 fully saturated rings. The van der Waals surface area contributed by atoms with Gasteiger partial charge in [0.05, 0.1) is 18.1 Å². The van der Waals surface area contributed by atoms with Crippen molar-refractivity contribution >= 4 is 33.0 Å². The molecule has 0 amide bonds. The van der Waals surface area contributed by atoms with E-state index >= 15 is 0 Å². The minimum atomic E-state index is -2.94. The number of nitrogens with zero attached hydrogens (tertiary/aromatic N) is 1. The Bertz CT molecular complexity index is 557. The molecule has 0 spiro atoms. The summed E-state index contributed by atoms with van der Waals surface area (Å²) >= 11 is 11.9. The molecule has 1 saturated heterocycles. The Labute approximate surface area is 129 Å². The van der Waals surface area contributed by atoms with Gasteiger partial charge in [-0.15, -0.1) is 0 Å². The summed E-state index contributed by atoms with van der Waals surface area (Å²) in [6.45, 7) is 0.955. The van der Waals surface area contributed by atoms with Crippen molar-refractivity contribution in [2.75, 3.05) is 24.7 Å².